The third-order valence-corrected chi connectivity index (χ3v) is 3.95. The van der Waals surface area contributed by atoms with Gasteiger partial charge < -0.3 is 4.74 Å². The fraction of sp³-hybridized carbons (Fsp3) is 0.412. The number of amides is 4. The molecular weight excluding hydrogens is 362 g/mol. The predicted octanol–water partition coefficient (Wildman–Crippen LogP) is 2.12. The summed E-state index contributed by atoms with van der Waals surface area (Å²) in [5.74, 6) is -2.12. The van der Waals surface area contributed by atoms with Crippen molar-refractivity contribution in [2.75, 3.05) is 11.5 Å². The van der Waals surface area contributed by atoms with Crippen LogP contribution < -0.4 is 10.3 Å². The van der Waals surface area contributed by atoms with Crippen LogP contribution in [-0.4, -0.2) is 41.5 Å². The van der Waals surface area contributed by atoms with Crippen LogP contribution in [0.25, 0.3) is 0 Å². The summed E-state index contributed by atoms with van der Waals surface area (Å²) in [5, 5.41) is 1.25. The molecule has 1 aliphatic heterocycles. The van der Waals surface area contributed by atoms with E-state index < -0.39 is 35.8 Å². The highest BCUT2D eigenvalue weighted by molar-refractivity contribution is 6.31. The number of hydrazine groups is 1. The van der Waals surface area contributed by atoms with Crippen LogP contribution in [0.1, 0.15) is 27.2 Å². The summed E-state index contributed by atoms with van der Waals surface area (Å²) in [4.78, 5) is 50.4. The van der Waals surface area contributed by atoms with Crippen molar-refractivity contribution in [3.8, 4) is 0 Å². The van der Waals surface area contributed by atoms with Crippen LogP contribution in [0.4, 0.5) is 10.5 Å². The van der Waals surface area contributed by atoms with E-state index >= 15 is 0 Å². The van der Waals surface area contributed by atoms with Gasteiger partial charge in [0.15, 0.2) is 0 Å². The van der Waals surface area contributed by atoms with E-state index in [1.807, 2.05) is 0 Å². The standard InChI is InChI=1S/C17H20ClN3O5/c1-4-26-17(25)19-21(15(23)10(2)3)13-9-14(22)20(16(13)24)12-7-5-6-11(18)8-12/h5-8,10,13H,4,9H2,1-3H3,(H,19,25)/t13-/m1/s1. The normalized spacial score (nSPS) is 16.8. The highest BCUT2D eigenvalue weighted by atomic mass is 35.5. The minimum atomic E-state index is -1.15. The molecule has 1 saturated heterocycles. The molecule has 1 N–H and O–H groups in total. The van der Waals surface area contributed by atoms with E-state index in [1.165, 1.54) is 6.07 Å². The number of rotatable bonds is 4. The molecular formula is C17H20ClN3O5. The zero-order valence-electron chi connectivity index (χ0n) is 14.7. The summed E-state index contributed by atoms with van der Waals surface area (Å²) >= 11 is 5.93. The van der Waals surface area contributed by atoms with Crippen molar-refractivity contribution in [2.24, 2.45) is 5.92 Å². The highest BCUT2D eigenvalue weighted by Gasteiger charge is 2.45. The third-order valence-electron chi connectivity index (χ3n) is 3.72. The van der Waals surface area contributed by atoms with E-state index in [-0.39, 0.29) is 13.0 Å². The molecule has 140 valence electrons. The monoisotopic (exact) mass is 381 g/mol. The Morgan fingerprint density at radius 3 is 2.65 bits per heavy atom. The molecule has 1 aromatic rings. The number of nitrogens with one attached hydrogen (secondary N) is 1. The molecule has 2 rings (SSSR count). The van der Waals surface area contributed by atoms with Crippen molar-refractivity contribution < 1.29 is 23.9 Å². The largest absolute Gasteiger partial charge is 0.449 e. The van der Waals surface area contributed by atoms with E-state index in [1.54, 1.807) is 39.0 Å². The summed E-state index contributed by atoms with van der Waals surface area (Å²) in [7, 11) is 0. The number of hydrogen-bond donors (Lipinski definition) is 1. The lowest BCUT2D eigenvalue weighted by Gasteiger charge is -2.28. The Kier molecular flexibility index (Phi) is 6.20. The molecule has 9 heteroatoms. The number of ether oxygens (including phenoxy) is 1. The molecule has 26 heavy (non-hydrogen) atoms. The van der Waals surface area contributed by atoms with Crippen LogP contribution in [-0.2, 0) is 19.1 Å². The van der Waals surface area contributed by atoms with Gasteiger partial charge in [-0.25, -0.2) is 20.1 Å². The Bertz CT molecular complexity index is 737. The minimum Gasteiger partial charge on any atom is -0.449 e. The van der Waals surface area contributed by atoms with Gasteiger partial charge in [-0.3, -0.25) is 14.4 Å². The lowest BCUT2D eigenvalue weighted by molar-refractivity contribution is -0.144. The molecule has 0 saturated carbocycles. The molecule has 0 bridgehead atoms. The summed E-state index contributed by atoms with van der Waals surface area (Å²) in [6.45, 7) is 4.96. The molecule has 1 fully saturated rings. The second kappa shape index (κ2) is 8.18. The maximum atomic E-state index is 12.8. The Morgan fingerprint density at radius 1 is 1.38 bits per heavy atom. The highest BCUT2D eigenvalue weighted by Crippen LogP contribution is 2.27. The Balaban J connectivity index is 2.31. The molecule has 0 radical (unpaired) electrons. The lowest BCUT2D eigenvalue weighted by Crippen LogP contribution is -2.56. The van der Waals surface area contributed by atoms with E-state index in [0.29, 0.717) is 10.7 Å². The van der Waals surface area contributed by atoms with E-state index in [4.69, 9.17) is 16.3 Å². The number of anilines is 1. The van der Waals surface area contributed by atoms with Gasteiger partial charge in [0.2, 0.25) is 11.8 Å². The lowest BCUT2D eigenvalue weighted by atomic mass is 10.1. The van der Waals surface area contributed by atoms with Gasteiger partial charge in [-0.15, -0.1) is 0 Å². The molecule has 1 aromatic carbocycles. The Morgan fingerprint density at radius 2 is 2.08 bits per heavy atom. The van der Waals surface area contributed by atoms with Crippen molar-refractivity contribution in [1.82, 2.24) is 10.4 Å². The zero-order valence-corrected chi connectivity index (χ0v) is 15.4. The summed E-state index contributed by atoms with van der Waals surface area (Å²) in [6, 6.07) is 5.12. The van der Waals surface area contributed by atoms with Crippen molar-refractivity contribution in [3.05, 3.63) is 29.3 Å². The fourth-order valence-electron chi connectivity index (χ4n) is 2.53. The van der Waals surface area contributed by atoms with Gasteiger partial charge >= 0.3 is 6.09 Å². The average molecular weight is 382 g/mol. The second-order valence-corrected chi connectivity index (χ2v) is 6.40. The number of imide groups is 1. The van der Waals surface area contributed by atoms with Crippen LogP contribution in [0.5, 0.6) is 0 Å². The molecule has 8 nitrogen and oxygen atoms in total. The summed E-state index contributed by atoms with van der Waals surface area (Å²) < 4.78 is 4.78. The maximum absolute atomic E-state index is 12.8. The number of halogens is 1. The Labute approximate surface area is 156 Å². The van der Waals surface area contributed by atoms with Gasteiger partial charge in [-0.05, 0) is 25.1 Å². The molecule has 0 aliphatic carbocycles. The summed E-state index contributed by atoms with van der Waals surface area (Å²) in [6.07, 6.45) is -1.13. The first kappa shape index (κ1) is 19.7. The molecule has 1 heterocycles. The minimum absolute atomic E-state index is 0.0989. The number of benzene rings is 1. The van der Waals surface area contributed by atoms with Crippen LogP contribution in [0.15, 0.2) is 24.3 Å². The SMILES string of the molecule is CCOC(=O)NN(C(=O)C(C)C)[C@@H]1CC(=O)N(c2cccc(Cl)c2)C1=O. The topological polar surface area (TPSA) is 96.0 Å². The molecule has 4 amide bonds. The number of carbonyl (C=O) groups is 4. The van der Waals surface area contributed by atoms with Crippen LogP contribution in [0.3, 0.4) is 0 Å². The van der Waals surface area contributed by atoms with Gasteiger partial charge in [-0.2, -0.15) is 0 Å². The zero-order chi connectivity index (χ0) is 19.4. The molecule has 0 aromatic heterocycles. The average Bonchev–Trinajstić information content (AvgIpc) is 2.86. The molecule has 1 aliphatic rings. The first-order valence-corrected chi connectivity index (χ1v) is 8.52. The van der Waals surface area contributed by atoms with Gasteiger partial charge in [0.25, 0.3) is 5.91 Å². The van der Waals surface area contributed by atoms with Crippen LogP contribution in [0, 0.1) is 5.92 Å². The first-order chi connectivity index (χ1) is 12.3. The quantitative estimate of drug-likeness (QED) is 0.636. The van der Waals surface area contributed by atoms with Gasteiger partial charge in [0.05, 0.1) is 18.7 Å². The van der Waals surface area contributed by atoms with Crippen LogP contribution >= 0.6 is 11.6 Å². The Hall–Kier alpha value is -2.61. The van der Waals surface area contributed by atoms with Crippen molar-refractivity contribution >= 4 is 41.1 Å². The second-order valence-electron chi connectivity index (χ2n) is 5.96. The predicted molar refractivity (Wildman–Crippen MR) is 94.2 cm³/mol. The number of nitrogens with zero attached hydrogens (tertiary/aromatic N) is 2. The van der Waals surface area contributed by atoms with E-state index in [2.05, 4.69) is 5.43 Å². The van der Waals surface area contributed by atoms with Crippen LogP contribution in [0.2, 0.25) is 5.02 Å². The molecule has 0 unspecified atom stereocenters. The van der Waals surface area contributed by atoms with Crippen molar-refractivity contribution in [1.29, 1.82) is 0 Å². The van der Waals surface area contributed by atoms with Gasteiger partial charge in [-0.1, -0.05) is 31.5 Å². The van der Waals surface area contributed by atoms with E-state index in [9.17, 15) is 19.2 Å². The van der Waals surface area contributed by atoms with Gasteiger partial charge in [0, 0.05) is 10.9 Å². The molecule has 1 atom stereocenters. The van der Waals surface area contributed by atoms with Crippen molar-refractivity contribution in [3.63, 3.8) is 0 Å². The maximum Gasteiger partial charge on any atom is 0.426 e. The summed E-state index contributed by atoms with van der Waals surface area (Å²) in [5.41, 5.74) is 2.58. The number of hydrogen-bond acceptors (Lipinski definition) is 5. The van der Waals surface area contributed by atoms with E-state index in [0.717, 1.165) is 9.91 Å². The number of carbonyl (C=O) groups excluding carboxylic acids is 4. The smallest absolute Gasteiger partial charge is 0.426 e. The third kappa shape index (κ3) is 4.13. The van der Waals surface area contributed by atoms with Crippen molar-refractivity contribution in [2.45, 2.75) is 33.2 Å². The first-order valence-electron chi connectivity index (χ1n) is 8.15. The molecule has 0 spiro atoms. The van der Waals surface area contributed by atoms with Gasteiger partial charge in [0.1, 0.15) is 6.04 Å². The fourth-order valence-corrected chi connectivity index (χ4v) is 2.72.